The molecular weight excluding hydrogens is 1400 g/mol. The summed E-state index contributed by atoms with van der Waals surface area (Å²) >= 11 is 0. The van der Waals surface area contributed by atoms with Gasteiger partial charge in [0, 0.05) is 81.8 Å². The fraction of sp³-hybridized carbons (Fsp3) is 0.0874. The van der Waals surface area contributed by atoms with Crippen LogP contribution in [0.15, 0.2) is 303 Å². The number of nitriles is 4. The molecule has 0 saturated carbocycles. The Labute approximate surface area is 677 Å². The number of nitrogens with one attached hydrogen (secondary N) is 1. The monoisotopic (exact) mass is 1470 g/mol. The van der Waals surface area contributed by atoms with Crippen molar-refractivity contribution in [3.8, 4) is 114 Å². The summed E-state index contributed by atoms with van der Waals surface area (Å²) in [6.07, 6.45) is 0. The summed E-state index contributed by atoms with van der Waals surface area (Å²) in [7, 11) is 0. The van der Waals surface area contributed by atoms with Crippen LogP contribution in [0.5, 0.6) is 0 Å². The van der Waals surface area contributed by atoms with Crippen LogP contribution >= 0.6 is 0 Å². The van der Waals surface area contributed by atoms with Crippen LogP contribution in [0.1, 0.15) is 98.6 Å². The molecule has 10 heteroatoms. The Bertz CT molecular complexity index is 6880. The number of benzene rings is 15. The zero-order chi connectivity index (χ0) is 76.6. The largest absolute Gasteiger partial charge is 1.00 e. The molecule has 0 aliphatic heterocycles. The molecule has 15 aromatic carbocycles. The predicted octanol–water partition coefficient (Wildman–Crippen LogP) is 23.4. The van der Waals surface area contributed by atoms with Crippen LogP contribution in [0, 0.1) is 57.0 Å². The molecule has 0 amide bonds. The number of rotatable bonds is 6. The molecule has 0 saturated heterocycles. The second-order valence-corrected chi connectivity index (χ2v) is 30.9. The quantitative estimate of drug-likeness (QED) is 0.167. The van der Waals surface area contributed by atoms with Gasteiger partial charge in [-0.25, -0.2) is 8.78 Å². The number of hydrogen-bond donors (Lipinski definition) is 1. The average Bonchev–Trinajstić information content (AvgIpc) is 1.56. The molecule has 3 aliphatic carbocycles. The van der Waals surface area contributed by atoms with Crippen molar-refractivity contribution in [3.05, 3.63) is 371 Å². The van der Waals surface area contributed by atoms with Gasteiger partial charge in [-0.15, -0.1) is 0 Å². The average molecular weight is 1470 g/mol. The third-order valence-electron chi connectivity index (χ3n) is 23.9. The van der Waals surface area contributed by atoms with E-state index in [-0.39, 0.29) is 58.4 Å². The molecular formula is C103H70F2N7Na. The molecule has 532 valence electrons. The van der Waals surface area contributed by atoms with Crippen molar-refractivity contribution in [2.75, 3.05) is 0 Å². The molecule has 0 fully saturated rings. The molecule has 113 heavy (non-hydrogen) atoms. The van der Waals surface area contributed by atoms with Gasteiger partial charge >= 0.3 is 29.6 Å². The normalized spacial score (nSPS) is 13.2. The Hall–Kier alpha value is -13.5. The molecule has 0 bridgehead atoms. The number of halogens is 2. The number of hydrogen-bond acceptors (Lipinski definition) is 4. The van der Waals surface area contributed by atoms with E-state index in [1.165, 1.54) is 88.6 Å². The molecule has 0 atom stereocenters. The van der Waals surface area contributed by atoms with E-state index in [0.717, 1.165) is 65.9 Å². The topological polar surface area (TPSA) is 121 Å². The van der Waals surface area contributed by atoms with Gasteiger partial charge in [-0.2, -0.15) is 21.0 Å². The van der Waals surface area contributed by atoms with Crippen LogP contribution in [0.2, 0.25) is 0 Å². The van der Waals surface area contributed by atoms with Crippen LogP contribution in [-0.4, -0.2) is 14.1 Å². The molecule has 3 aliphatic rings. The van der Waals surface area contributed by atoms with Crippen LogP contribution < -0.4 is 29.6 Å². The summed E-state index contributed by atoms with van der Waals surface area (Å²) in [5, 5.41) is 49.9. The van der Waals surface area contributed by atoms with Crippen molar-refractivity contribution in [1.29, 1.82) is 21.0 Å². The molecule has 3 aromatic heterocycles. The minimum absolute atomic E-state index is 0. The number of H-pyrrole nitrogens is 1. The summed E-state index contributed by atoms with van der Waals surface area (Å²) in [6, 6.07) is 112. The number of aromatic amines is 1. The van der Waals surface area contributed by atoms with E-state index < -0.39 is 22.8 Å². The van der Waals surface area contributed by atoms with Gasteiger partial charge in [-0.3, -0.25) is 0 Å². The summed E-state index contributed by atoms with van der Waals surface area (Å²) in [5.74, 6) is -1.78. The first kappa shape index (κ1) is 71.1. The molecule has 0 unspecified atom stereocenters. The third-order valence-corrected chi connectivity index (χ3v) is 23.9. The first-order valence-corrected chi connectivity index (χ1v) is 37.7. The van der Waals surface area contributed by atoms with Crippen LogP contribution in [0.3, 0.4) is 0 Å². The maximum Gasteiger partial charge on any atom is 1.00 e. The molecule has 0 spiro atoms. The number of aromatic nitrogens is 3. The number of fused-ring (bicyclic) bond motifs is 18. The van der Waals surface area contributed by atoms with Crippen molar-refractivity contribution in [3.63, 3.8) is 0 Å². The molecule has 18 aromatic rings. The minimum Gasteiger partial charge on any atom is -1.00 e. The van der Waals surface area contributed by atoms with Crippen molar-refractivity contribution in [1.82, 2.24) is 14.1 Å². The molecule has 1 N–H and O–H groups in total. The summed E-state index contributed by atoms with van der Waals surface area (Å²) in [5.41, 5.74) is 26.7. The standard InChI is InChI=1S/C62H42N4.C21H17N.C20H10F2N2.Na.H/c1-61(2)49-27-15-11-23-39(49)43-31-45-41-25-13-17-29-53(41)65(55(45)33-51(43)61)59-47(35-63)58(38-21-9-6-10-22-38)60(48(36-64)57(59)37-19-7-5-8-20-37)66-54-30-18-14-26-42(54)46-32-44-40-24-12-16-28-50(40)62(3,4)52(44)34-56(46)66;1-21(2)17-9-5-3-7-13(17)15-11-16-14-8-4-6-10-19(14)22-20(16)12-18(15)21;21-19-16(12-24)18(14-9-5-2-6-10-14)20(22)15(11-23)17(19)13-7-3-1-4-8-13;;/h5-34H,1-4H3;3-12,22H,1-2H3;1-10H;;/q;;;+1;-1. The van der Waals surface area contributed by atoms with Crippen LogP contribution in [-0.2, 0) is 16.2 Å². The summed E-state index contributed by atoms with van der Waals surface area (Å²) in [6.45, 7) is 13.9. The second kappa shape index (κ2) is 27.2. The van der Waals surface area contributed by atoms with Gasteiger partial charge in [0.05, 0.1) is 55.7 Å². The number of nitrogens with zero attached hydrogens (tertiary/aromatic N) is 6. The Morgan fingerprint density at radius 2 is 0.575 bits per heavy atom. The van der Waals surface area contributed by atoms with Gasteiger partial charge in [0.25, 0.3) is 0 Å². The fourth-order valence-electron chi connectivity index (χ4n) is 18.7. The van der Waals surface area contributed by atoms with Crippen molar-refractivity contribution >= 4 is 65.4 Å². The molecule has 21 rings (SSSR count). The van der Waals surface area contributed by atoms with Gasteiger partial charge in [0.1, 0.15) is 24.3 Å². The second-order valence-electron chi connectivity index (χ2n) is 30.9. The van der Waals surface area contributed by atoms with E-state index in [1.807, 2.05) is 36.4 Å². The Kier molecular flexibility index (Phi) is 17.1. The fourth-order valence-corrected chi connectivity index (χ4v) is 18.7. The summed E-state index contributed by atoms with van der Waals surface area (Å²) in [4.78, 5) is 3.57. The maximum atomic E-state index is 15.0. The van der Waals surface area contributed by atoms with E-state index >= 15 is 0 Å². The van der Waals surface area contributed by atoms with Gasteiger partial charge < -0.3 is 15.5 Å². The first-order chi connectivity index (χ1) is 54.6. The van der Waals surface area contributed by atoms with Gasteiger partial charge in [-0.05, 0) is 144 Å². The van der Waals surface area contributed by atoms with E-state index in [9.17, 15) is 29.8 Å². The smallest absolute Gasteiger partial charge is 1.00 e. The molecule has 7 nitrogen and oxygen atoms in total. The van der Waals surface area contributed by atoms with E-state index in [4.69, 9.17) is 0 Å². The van der Waals surface area contributed by atoms with E-state index in [2.05, 4.69) is 274 Å². The van der Waals surface area contributed by atoms with E-state index in [0.29, 0.717) is 33.6 Å². The van der Waals surface area contributed by atoms with Crippen molar-refractivity contribution in [2.24, 2.45) is 0 Å². The van der Waals surface area contributed by atoms with E-state index in [1.54, 1.807) is 72.8 Å². The first-order valence-electron chi connectivity index (χ1n) is 37.7. The predicted molar refractivity (Wildman–Crippen MR) is 452 cm³/mol. The van der Waals surface area contributed by atoms with Crippen LogP contribution in [0.4, 0.5) is 8.78 Å². The van der Waals surface area contributed by atoms with Crippen LogP contribution in [0.25, 0.3) is 155 Å². The maximum absolute atomic E-state index is 15.0. The Morgan fingerprint density at radius 3 is 0.947 bits per heavy atom. The van der Waals surface area contributed by atoms with Gasteiger partial charge in [0.2, 0.25) is 0 Å². The zero-order valence-electron chi connectivity index (χ0n) is 64.3. The van der Waals surface area contributed by atoms with Crippen molar-refractivity contribution < 1.29 is 39.8 Å². The third kappa shape index (κ3) is 10.7. The summed E-state index contributed by atoms with van der Waals surface area (Å²) < 4.78 is 34.6. The minimum atomic E-state index is -0.888. The molecule has 3 heterocycles. The van der Waals surface area contributed by atoms with Crippen molar-refractivity contribution in [2.45, 2.75) is 57.8 Å². The zero-order valence-corrected chi connectivity index (χ0v) is 65.3. The van der Waals surface area contributed by atoms with Gasteiger partial charge in [0.15, 0.2) is 11.6 Å². The Balaban J connectivity index is 0.000000159. The SMILES string of the molecule is CC1(C)c2ccccc2-c2cc3c(cc21)[nH]c1ccccc13.CC1(C)c2ccccc2-c2cc3c4ccccc4n(-c4c(C#N)c(-c5ccccc5)c(-n5c6ccccc6c6cc7c(cc65)C(C)(C)c5ccccc5-7)c(C#N)c4-c4ccccc4)c3cc21.N#Cc1c(F)c(-c2ccccc2)c(C#N)c(F)c1-c1ccccc1.[H-].[Na+]. The number of para-hydroxylation sites is 3. The molecule has 0 radical (unpaired) electrons. The van der Waals surface area contributed by atoms with Gasteiger partial charge in [-0.1, -0.05) is 290 Å². The Morgan fingerprint density at radius 1 is 0.274 bits per heavy atom.